The van der Waals surface area contributed by atoms with E-state index in [2.05, 4.69) is 27.7 Å². The fourth-order valence-corrected chi connectivity index (χ4v) is 6.48. The molecule has 2 aliphatic carbocycles. The first-order valence-electron chi connectivity index (χ1n) is 15.4. The van der Waals surface area contributed by atoms with Crippen LogP contribution < -0.4 is 16.4 Å². The zero-order valence-electron chi connectivity index (χ0n) is 28.3. The van der Waals surface area contributed by atoms with E-state index in [-0.39, 0.29) is 40.5 Å². The van der Waals surface area contributed by atoms with Crippen LogP contribution in [0.4, 0.5) is 65.9 Å². The minimum absolute atomic E-state index is 0. The van der Waals surface area contributed by atoms with Crippen LogP contribution in [0.3, 0.4) is 0 Å². The third-order valence-electron chi connectivity index (χ3n) is 10.0. The smallest absolute Gasteiger partial charge is 0.358 e. The van der Waals surface area contributed by atoms with E-state index in [0.717, 1.165) is 23.7 Å². The Kier molecular flexibility index (Phi) is 16.5. The molecule has 51 heavy (non-hydrogen) atoms. The third kappa shape index (κ3) is 8.53. The van der Waals surface area contributed by atoms with Crippen LogP contribution in [0, 0.1) is 118 Å². The maximum Gasteiger partial charge on any atom is 4.00 e. The molecule has 0 saturated heterocycles. The zero-order valence-corrected chi connectivity index (χ0v) is 30.8. The maximum absolute atomic E-state index is 14.6. The first-order valence-corrected chi connectivity index (χ1v) is 15.4. The van der Waals surface area contributed by atoms with Crippen LogP contribution in [-0.2, 0) is 26.2 Å². The van der Waals surface area contributed by atoms with Gasteiger partial charge < -0.3 is 7.43 Å². The summed E-state index contributed by atoms with van der Waals surface area (Å²) in [5, 5.41) is 0. The Balaban J connectivity index is 0.000000671. The number of hydrogen-bond donors (Lipinski definition) is 0. The monoisotopic (exact) mass is 828 g/mol. The minimum Gasteiger partial charge on any atom is -0.358 e. The largest absolute Gasteiger partial charge is 4.00 e. The van der Waals surface area contributed by atoms with E-state index in [9.17, 15) is 65.9 Å². The molecular weight excluding hydrogens is 795 g/mol. The summed E-state index contributed by atoms with van der Waals surface area (Å²) in [7, 11) is 0. The summed E-state index contributed by atoms with van der Waals surface area (Å²) < 4.78 is 212. The molecule has 3 aromatic rings. The Morgan fingerprint density at radius 3 is 0.588 bits per heavy atom. The molecule has 17 heteroatoms. The fraction of sp³-hybridized carbons (Fsp3) is 0.441. The summed E-state index contributed by atoms with van der Waals surface area (Å²) >= 11 is 0. The molecule has 5 rings (SSSR count). The molecule has 0 spiro atoms. The Labute approximate surface area is 305 Å². The predicted octanol–water partition coefficient (Wildman–Crippen LogP) is 10.2. The Bertz CT molecular complexity index is 1440. The summed E-state index contributed by atoms with van der Waals surface area (Å²) in [4.78, 5) is 0. The molecule has 280 valence electrons. The van der Waals surface area contributed by atoms with Gasteiger partial charge in [-0.3, -0.25) is 0 Å². The summed E-state index contributed by atoms with van der Waals surface area (Å²) in [6, 6.07) is 0. The van der Waals surface area contributed by atoms with Gasteiger partial charge in [0, 0.05) is 0 Å². The second-order valence-electron chi connectivity index (χ2n) is 13.0. The number of rotatable bonds is 3. The quantitative estimate of drug-likeness (QED) is 0.0811. The second kappa shape index (κ2) is 18.1. The maximum atomic E-state index is 14.6. The van der Waals surface area contributed by atoms with Gasteiger partial charge in [-0.25, -0.2) is 65.9 Å². The molecule has 0 nitrogen and oxygen atoms in total. The van der Waals surface area contributed by atoms with Crippen molar-refractivity contribution in [3.05, 3.63) is 94.7 Å². The molecule has 0 aliphatic heterocycles. The van der Waals surface area contributed by atoms with Gasteiger partial charge >= 0.3 is 26.2 Å². The van der Waals surface area contributed by atoms with Gasteiger partial charge in [-0.15, -0.1) is 16.4 Å². The molecule has 3 aromatic carbocycles. The van der Waals surface area contributed by atoms with E-state index < -0.39 is 110 Å². The zero-order chi connectivity index (χ0) is 37.4. The molecular formula is C34H34BF15Zr+2. The van der Waals surface area contributed by atoms with E-state index in [0.29, 0.717) is 0 Å². The van der Waals surface area contributed by atoms with Crippen LogP contribution in [0.2, 0.25) is 6.82 Å². The second-order valence-corrected chi connectivity index (χ2v) is 13.0. The van der Waals surface area contributed by atoms with Crippen LogP contribution in [0.5, 0.6) is 0 Å². The van der Waals surface area contributed by atoms with E-state index >= 15 is 0 Å². The number of halogens is 15. The normalized spacial score (nSPS) is 19.8. The predicted molar refractivity (Wildman–Crippen MR) is 160 cm³/mol. The Hall–Kier alpha value is -2.44. The Morgan fingerprint density at radius 1 is 0.333 bits per heavy atom. The van der Waals surface area contributed by atoms with Crippen LogP contribution in [0.1, 0.15) is 66.2 Å². The van der Waals surface area contributed by atoms with Crippen molar-refractivity contribution in [2.45, 2.75) is 73.0 Å². The summed E-state index contributed by atoms with van der Waals surface area (Å²) in [6.07, 6.45) is 3.43. The topological polar surface area (TPSA) is 0 Å². The van der Waals surface area contributed by atoms with Crippen molar-refractivity contribution >= 4 is 22.5 Å². The molecule has 0 radical (unpaired) electrons. The minimum atomic E-state index is -5.41. The van der Waals surface area contributed by atoms with Crippen LogP contribution in [0.15, 0.2) is 0 Å². The van der Waals surface area contributed by atoms with Gasteiger partial charge in [0.05, 0.1) is 0 Å². The Morgan fingerprint density at radius 2 is 0.471 bits per heavy atom. The average molecular weight is 830 g/mol. The summed E-state index contributed by atoms with van der Waals surface area (Å²) in [6.45, 7) is 9.22. The van der Waals surface area contributed by atoms with Crippen molar-refractivity contribution in [3.8, 4) is 0 Å². The van der Waals surface area contributed by atoms with Gasteiger partial charge in [0.15, 0.2) is 52.4 Å². The molecule has 0 bridgehead atoms. The van der Waals surface area contributed by atoms with Gasteiger partial charge in [-0.05, 0) is 23.7 Å². The number of benzene rings is 3. The molecule has 0 N–H and O–H groups in total. The average Bonchev–Trinajstić information content (AvgIpc) is 3.63. The molecule has 2 saturated carbocycles. The van der Waals surface area contributed by atoms with Crippen molar-refractivity contribution in [1.29, 1.82) is 0 Å². The molecule has 0 aromatic heterocycles. The van der Waals surface area contributed by atoms with Crippen molar-refractivity contribution in [2.24, 2.45) is 23.7 Å². The van der Waals surface area contributed by atoms with Crippen LogP contribution in [0.25, 0.3) is 0 Å². The van der Waals surface area contributed by atoms with Gasteiger partial charge in [-0.2, -0.15) is 6.82 Å². The third-order valence-corrected chi connectivity index (χ3v) is 10.0. The SMILES string of the molecule is CC1CCCC1C.CC1CCCC1C.C[B-](c1c(F)c(F)c(F)c(F)c1F)(c1c(F)c(F)c(F)c(F)c1F)c1c(F)c(F)c(F)c(F)c1F.[CH3-].[Zr+4]. The first kappa shape index (κ1) is 46.6. The van der Waals surface area contributed by atoms with Gasteiger partial charge in [0.1, 0.15) is 41.0 Å². The molecule has 2 aliphatic rings. The number of hydrogen-bond acceptors (Lipinski definition) is 0. The fourth-order valence-electron chi connectivity index (χ4n) is 6.48. The van der Waals surface area contributed by atoms with Gasteiger partial charge in [-0.1, -0.05) is 66.2 Å². The standard InChI is InChI=1S/C19H3BF15.2C7H14.CH3.Zr/c1-20(2-5(21)11(27)17(33)12(28)6(2)22,3-7(23)13(29)18(34)14(30)8(3)24)4-9(25)15(31)19(35)16(32)10(4)26;2*1-6-4-3-5-7(6)2;;/h1H3;2*6-7H,3-5H2,1-2H3;1H3;/q-1;;;-1;+4. The molecule has 4 atom stereocenters. The van der Waals surface area contributed by atoms with E-state index in [1.54, 1.807) is 0 Å². The van der Waals surface area contributed by atoms with Crippen molar-refractivity contribution < 1.29 is 92.1 Å². The van der Waals surface area contributed by atoms with Crippen molar-refractivity contribution in [1.82, 2.24) is 0 Å². The van der Waals surface area contributed by atoms with Gasteiger partial charge in [0.2, 0.25) is 0 Å². The summed E-state index contributed by atoms with van der Waals surface area (Å²) in [5.41, 5.74) is -7.89. The van der Waals surface area contributed by atoms with Crippen LogP contribution in [-0.4, -0.2) is 6.15 Å². The first-order chi connectivity index (χ1) is 22.6. The van der Waals surface area contributed by atoms with E-state index in [4.69, 9.17) is 0 Å². The van der Waals surface area contributed by atoms with Gasteiger partial charge in [0.25, 0.3) is 0 Å². The molecule has 2 fully saturated rings. The molecule has 0 amide bonds. The van der Waals surface area contributed by atoms with E-state index in [1.807, 2.05) is 0 Å². The van der Waals surface area contributed by atoms with Crippen LogP contribution >= 0.6 is 0 Å². The summed E-state index contributed by atoms with van der Waals surface area (Å²) in [5.74, 6) is -41.0. The molecule has 4 unspecified atom stereocenters. The van der Waals surface area contributed by atoms with Crippen molar-refractivity contribution in [3.63, 3.8) is 0 Å². The molecule has 0 heterocycles. The van der Waals surface area contributed by atoms with Crippen molar-refractivity contribution in [2.75, 3.05) is 0 Å². The van der Waals surface area contributed by atoms with E-state index in [1.165, 1.54) is 38.5 Å².